The Hall–Kier alpha value is -4.11. The van der Waals surface area contributed by atoms with E-state index in [9.17, 15) is 18.8 Å². The molecule has 0 spiro atoms. The number of halogens is 1. The highest BCUT2D eigenvalue weighted by Gasteiger charge is 2.14. The SMILES string of the molecule is CC(=O)Nc1ccc(C)c(NC(=O)c2ccc3c(=O)n(-c4ccccc4F)c(=S)[nH]c3c2)c1. The van der Waals surface area contributed by atoms with E-state index in [1.807, 2.05) is 6.92 Å². The number of anilines is 2. The summed E-state index contributed by atoms with van der Waals surface area (Å²) >= 11 is 5.29. The number of nitrogens with zero attached hydrogens (tertiary/aromatic N) is 1. The average molecular weight is 463 g/mol. The Kier molecular flexibility index (Phi) is 5.89. The first-order valence-electron chi connectivity index (χ1n) is 9.98. The van der Waals surface area contributed by atoms with Crippen LogP contribution in [0.2, 0.25) is 0 Å². The second kappa shape index (κ2) is 8.79. The molecule has 1 aromatic heterocycles. The molecule has 2 amide bonds. The maximum atomic E-state index is 14.2. The first kappa shape index (κ1) is 22.1. The van der Waals surface area contributed by atoms with Gasteiger partial charge in [0.1, 0.15) is 5.82 Å². The molecule has 0 fully saturated rings. The van der Waals surface area contributed by atoms with Crippen molar-refractivity contribution in [1.82, 2.24) is 9.55 Å². The Morgan fingerprint density at radius 2 is 1.79 bits per heavy atom. The first-order chi connectivity index (χ1) is 15.7. The second-order valence-corrected chi connectivity index (χ2v) is 7.83. The molecule has 0 saturated heterocycles. The van der Waals surface area contributed by atoms with Crippen molar-refractivity contribution in [3.8, 4) is 5.69 Å². The minimum atomic E-state index is -0.577. The number of hydrogen-bond acceptors (Lipinski definition) is 4. The molecule has 0 bridgehead atoms. The number of amides is 2. The quantitative estimate of drug-likeness (QED) is 0.383. The van der Waals surface area contributed by atoms with E-state index >= 15 is 0 Å². The summed E-state index contributed by atoms with van der Waals surface area (Å²) in [6.45, 7) is 3.23. The van der Waals surface area contributed by atoms with E-state index in [0.29, 0.717) is 22.5 Å². The van der Waals surface area contributed by atoms with Gasteiger partial charge in [-0.3, -0.25) is 14.4 Å². The number of H-pyrrole nitrogens is 1. The van der Waals surface area contributed by atoms with Crippen LogP contribution < -0.4 is 16.2 Å². The molecule has 0 unspecified atom stereocenters. The third-order valence-electron chi connectivity index (χ3n) is 5.06. The van der Waals surface area contributed by atoms with Gasteiger partial charge in [0.2, 0.25) is 5.91 Å². The molecule has 4 rings (SSSR count). The highest BCUT2D eigenvalue weighted by atomic mass is 32.1. The largest absolute Gasteiger partial charge is 0.331 e. The fourth-order valence-corrected chi connectivity index (χ4v) is 3.73. The molecule has 4 aromatic rings. The normalized spacial score (nSPS) is 10.8. The molecule has 3 aromatic carbocycles. The molecule has 0 aliphatic carbocycles. The number of benzene rings is 3. The molecule has 0 radical (unpaired) electrons. The van der Waals surface area contributed by atoms with Gasteiger partial charge in [-0.1, -0.05) is 18.2 Å². The van der Waals surface area contributed by atoms with Crippen molar-refractivity contribution in [2.24, 2.45) is 0 Å². The molecular weight excluding hydrogens is 443 g/mol. The summed E-state index contributed by atoms with van der Waals surface area (Å²) in [5.74, 6) is -1.20. The van der Waals surface area contributed by atoms with E-state index < -0.39 is 17.3 Å². The van der Waals surface area contributed by atoms with E-state index in [2.05, 4.69) is 15.6 Å². The number of carbonyl (C=O) groups excluding carboxylic acids is 2. The van der Waals surface area contributed by atoms with Crippen LogP contribution in [0.25, 0.3) is 16.6 Å². The number of hydrogen-bond donors (Lipinski definition) is 3. The standard InChI is InChI=1S/C24H19FN4O3S/c1-13-7-9-16(26-14(2)30)12-19(13)27-22(31)15-8-10-17-20(11-15)28-24(33)29(23(17)32)21-6-4-3-5-18(21)25/h3-12H,1-2H3,(H,26,30)(H,27,31)(H,28,33). The van der Waals surface area contributed by atoms with Crippen molar-refractivity contribution in [3.63, 3.8) is 0 Å². The van der Waals surface area contributed by atoms with E-state index in [0.717, 1.165) is 10.1 Å². The van der Waals surface area contributed by atoms with Crippen molar-refractivity contribution in [1.29, 1.82) is 0 Å². The van der Waals surface area contributed by atoms with Crippen LogP contribution in [0.5, 0.6) is 0 Å². The highest BCUT2D eigenvalue weighted by Crippen LogP contribution is 2.22. The summed E-state index contributed by atoms with van der Waals surface area (Å²) in [6.07, 6.45) is 0. The molecule has 33 heavy (non-hydrogen) atoms. The van der Waals surface area contributed by atoms with Gasteiger partial charge in [0.25, 0.3) is 11.5 Å². The van der Waals surface area contributed by atoms with Gasteiger partial charge in [0.05, 0.1) is 16.6 Å². The number of carbonyl (C=O) groups is 2. The molecule has 9 heteroatoms. The molecule has 1 heterocycles. The Morgan fingerprint density at radius 3 is 2.52 bits per heavy atom. The smallest absolute Gasteiger partial charge is 0.266 e. The Labute approximate surface area is 192 Å². The number of para-hydroxylation sites is 1. The van der Waals surface area contributed by atoms with E-state index in [1.54, 1.807) is 24.3 Å². The molecule has 7 nitrogen and oxygen atoms in total. The number of aromatic amines is 1. The van der Waals surface area contributed by atoms with Gasteiger partial charge in [-0.25, -0.2) is 8.96 Å². The zero-order valence-corrected chi connectivity index (χ0v) is 18.5. The maximum Gasteiger partial charge on any atom is 0.266 e. The van der Waals surface area contributed by atoms with E-state index in [-0.39, 0.29) is 21.8 Å². The van der Waals surface area contributed by atoms with Crippen LogP contribution in [-0.4, -0.2) is 21.4 Å². The zero-order chi connectivity index (χ0) is 23.7. The second-order valence-electron chi connectivity index (χ2n) is 7.45. The monoisotopic (exact) mass is 462 g/mol. The Balaban J connectivity index is 1.71. The predicted molar refractivity (Wildman–Crippen MR) is 128 cm³/mol. The van der Waals surface area contributed by atoms with Crippen LogP contribution in [0.15, 0.2) is 65.5 Å². The lowest BCUT2D eigenvalue weighted by Crippen LogP contribution is -2.22. The zero-order valence-electron chi connectivity index (χ0n) is 17.7. The minimum Gasteiger partial charge on any atom is -0.331 e. The molecule has 0 atom stereocenters. The topological polar surface area (TPSA) is 96.0 Å². The summed E-state index contributed by atoms with van der Waals surface area (Å²) in [6, 6.07) is 15.5. The van der Waals surface area contributed by atoms with Crippen molar-refractivity contribution in [2.75, 3.05) is 10.6 Å². The number of fused-ring (bicyclic) bond motifs is 1. The molecule has 3 N–H and O–H groups in total. The van der Waals surface area contributed by atoms with Crippen LogP contribution in [0, 0.1) is 17.5 Å². The molecular formula is C24H19FN4O3S. The molecule has 0 saturated carbocycles. The third kappa shape index (κ3) is 4.44. The summed E-state index contributed by atoms with van der Waals surface area (Å²) in [5, 5.41) is 5.75. The first-order valence-corrected chi connectivity index (χ1v) is 10.4. The lowest BCUT2D eigenvalue weighted by atomic mass is 10.1. The van der Waals surface area contributed by atoms with Crippen molar-refractivity contribution < 1.29 is 14.0 Å². The van der Waals surface area contributed by atoms with E-state index in [1.165, 1.54) is 43.3 Å². The number of nitrogens with one attached hydrogen (secondary N) is 3. The van der Waals surface area contributed by atoms with Crippen molar-refractivity contribution in [2.45, 2.75) is 13.8 Å². The van der Waals surface area contributed by atoms with Crippen molar-refractivity contribution >= 4 is 46.3 Å². The summed E-state index contributed by atoms with van der Waals surface area (Å²) in [5.41, 5.74) is 2.10. The van der Waals surface area contributed by atoms with E-state index in [4.69, 9.17) is 12.2 Å². The lowest BCUT2D eigenvalue weighted by Gasteiger charge is -2.12. The van der Waals surface area contributed by atoms with Gasteiger partial charge in [0, 0.05) is 23.9 Å². The van der Waals surface area contributed by atoms with Gasteiger partial charge >= 0.3 is 0 Å². The fraction of sp³-hybridized carbons (Fsp3) is 0.0833. The summed E-state index contributed by atoms with van der Waals surface area (Å²) in [7, 11) is 0. The summed E-state index contributed by atoms with van der Waals surface area (Å²) < 4.78 is 15.3. The maximum absolute atomic E-state index is 14.2. The van der Waals surface area contributed by atoms with Gasteiger partial charge in [-0.15, -0.1) is 0 Å². The molecule has 0 aliphatic heterocycles. The van der Waals surface area contributed by atoms with Gasteiger partial charge in [0.15, 0.2) is 4.77 Å². The van der Waals surface area contributed by atoms with Gasteiger partial charge in [-0.05, 0) is 67.2 Å². The van der Waals surface area contributed by atoms with Crippen LogP contribution in [-0.2, 0) is 4.79 Å². The predicted octanol–water partition coefficient (Wildman–Crippen LogP) is 4.71. The summed E-state index contributed by atoms with van der Waals surface area (Å²) in [4.78, 5) is 40.1. The highest BCUT2D eigenvalue weighted by molar-refractivity contribution is 7.71. The van der Waals surface area contributed by atoms with Crippen LogP contribution in [0.4, 0.5) is 15.8 Å². The van der Waals surface area contributed by atoms with Crippen LogP contribution in [0.3, 0.4) is 0 Å². The Bertz CT molecular complexity index is 1540. The van der Waals surface area contributed by atoms with Crippen LogP contribution >= 0.6 is 12.2 Å². The number of aryl methyl sites for hydroxylation is 1. The molecule has 166 valence electrons. The number of aromatic nitrogens is 2. The van der Waals surface area contributed by atoms with Gasteiger partial charge < -0.3 is 15.6 Å². The van der Waals surface area contributed by atoms with Crippen LogP contribution in [0.1, 0.15) is 22.8 Å². The number of rotatable bonds is 4. The third-order valence-corrected chi connectivity index (χ3v) is 5.34. The lowest BCUT2D eigenvalue weighted by molar-refractivity contribution is -0.114. The fourth-order valence-electron chi connectivity index (χ4n) is 3.44. The van der Waals surface area contributed by atoms with Crippen molar-refractivity contribution in [3.05, 3.63) is 92.7 Å². The Morgan fingerprint density at radius 1 is 1.03 bits per heavy atom. The molecule has 0 aliphatic rings. The average Bonchev–Trinajstić information content (AvgIpc) is 2.76. The van der Waals surface area contributed by atoms with Gasteiger partial charge in [-0.2, -0.15) is 0 Å². The minimum absolute atomic E-state index is 0.00834.